The van der Waals surface area contributed by atoms with E-state index in [9.17, 15) is 0 Å². The molecule has 0 saturated heterocycles. The van der Waals surface area contributed by atoms with Crippen LogP contribution in [0.1, 0.15) is 36.9 Å². The van der Waals surface area contributed by atoms with E-state index < -0.39 is 0 Å². The molecule has 1 heterocycles. The summed E-state index contributed by atoms with van der Waals surface area (Å²) in [5.41, 5.74) is 2.33. The average molecular weight is 240 g/mol. The summed E-state index contributed by atoms with van der Waals surface area (Å²) < 4.78 is 6.02. The molecule has 16 heavy (non-hydrogen) atoms. The molecule has 1 aromatic carbocycles. The third-order valence-electron chi connectivity index (χ3n) is 3.13. The van der Waals surface area contributed by atoms with Crippen molar-refractivity contribution in [1.82, 2.24) is 5.32 Å². The predicted molar refractivity (Wildman–Crippen MR) is 67.3 cm³/mol. The summed E-state index contributed by atoms with van der Waals surface area (Å²) in [5.74, 6) is 1.02. The molecule has 2 rings (SSSR count). The van der Waals surface area contributed by atoms with Crippen molar-refractivity contribution < 1.29 is 4.74 Å². The summed E-state index contributed by atoms with van der Waals surface area (Å²) in [6.07, 6.45) is 2.43. The highest BCUT2D eigenvalue weighted by atomic mass is 35.5. The van der Waals surface area contributed by atoms with E-state index >= 15 is 0 Å². The van der Waals surface area contributed by atoms with Crippen LogP contribution in [0.4, 0.5) is 0 Å². The highest BCUT2D eigenvalue weighted by molar-refractivity contribution is 6.30. The topological polar surface area (TPSA) is 21.3 Å². The second kappa shape index (κ2) is 4.64. The Kier molecular flexibility index (Phi) is 3.41. The van der Waals surface area contributed by atoms with Gasteiger partial charge >= 0.3 is 0 Å². The number of likely N-dealkylation sites (N-methyl/N-ethyl adjacent to an activating group) is 1. The van der Waals surface area contributed by atoms with Gasteiger partial charge in [-0.2, -0.15) is 0 Å². The number of ether oxygens (including phenoxy) is 1. The van der Waals surface area contributed by atoms with Crippen LogP contribution in [0.15, 0.2) is 12.1 Å². The Morgan fingerprint density at radius 3 is 2.81 bits per heavy atom. The van der Waals surface area contributed by atoms with Gasteiger partial charge in [0.05, 0.1) is 6.04 Å². The third kappa shape index (κ3) is 1.92. The van der Waals surface area contributed by atoms with E-state index in [0.29, 0.717) is 0 Å². The largest absolute Gasteiger partial charge is 0.488 e. The maximum absolute atomic E-state index is 6.09. The van der Waals surface area contributed by atoms with Gasteiger partial charge in [0, 0.05) is 10.6 Å². The lowest BCUT2D eigenvalue weighted by Gasteiger charge is -2.17. The lowest BCUT2D eigenvalue weighted by molar-refractivity contribution is 0.181. The molecule has 3 heteroatoms. The molecule has 1 aliphatic heterocycles. The summed E-state index contributed by atoms with van der Waals surface area (Å²) >= 11 is 6.09. The minimum absolute atomic E-state index is 0.238. The first-order valence-electron chi connectivity index (χ1n) is 5.81. The Morgan fingerprint density at radius 1 is 1.44 bits per heavy atom. The van der Waals surface area contributed by atoms with Gasteiger partial charge in [0.2, 0.25) is 0 Å². The molecular weight excluding hydrogens is 222 g/mol. The van der Waals surface area contributed by atoms with Crippen molar-refractivity contribution in [2.75, 3.05) is 7.05 Å². The Balaban J connectivity index is 2.38. The number of rotatable bonds is 3. The number of aryl methyl sites for hydroxylation is 1. The minimum atomic E-state index is 0.238. The number of nitrogens with one attached hydrogen (secondary N) is 1. The lowest BCUT2D eigenvalue weighted by Crippen LogP contribution is -2.28. The molecular formula is C13H18ClNO. The van der Waals surface area contributed by atoms with E-state index in [-0.39, 0.29) is 12.1 Å². The van der Waals surface area contributed by atoms with E-state index in [1.807, 2.05) is 26.1 Å². The van der Waals surface area contributed by atoms with Gasteiger partial charge in [-0.25, -0.2) is 0 Å². The fourth-order valence-corrected chi connectivity index (χ4v) is 2.70. The van der Waals surface area contributed by atoms with Crippen LogP contribution in [-0.4, -0.2) is 13.2 Å². The molecule has 0 saturated carbocycles. The molecule has 0 fully saturated rings. The zero-order valence-corrected chi connectivity index (χ0v) is 10.8. The molecule has 0 amide bonds. The van der Waals surface area contributed by atoms with Crippen molar-refractivity contribution in [2.45, 2.75) is 38.8 Å². The van der Waals surface area contributed by atoms with Crippen molar-refractivity contribution >= 4 is 11.6 Å². The van der Waals surface area contributed by atoms with E-state index in [1.54, 1.807) is 0 Å². The molecule has 0 spiro atoms. The van der Waals surface area contributed by atoms with Crippen LogP contribution in [0, 0.1) is 6.92 Å². The quantitative estimate of drug-likeness (QED) is 0.872. The van der Waals surface area contributed by atoms with Crippen LogP contribution in [0.25, 0.3) is 0 Å². The summed E-state index contributed by atoms with van der Waals surface area (Å²) in [6, 6.07) is 4.25. The molecule has 2 unspecified atom stereocenters. The highest BCUT2D eigenvalue weighted by Crippen LogP contribution is 2.41. The van der Waals surface area contributed by atoms with Gasteiger partial charge in [-0.3, -0.25) is 0 Å². The molecule has 0 aliphatic carbocycles. The van der Waals surface area contributed by atoms with Crippen LogP contribution in [-0.2, 0) is 0 Å². The van der Waals surface area contributed by atoms with Gasteiger partial charge in [0.25, 0.3) is 0 Å². The van der Waals surface area contributed by atoms with Crippen LogP contribution < -0.4 is 10.1 Å². The first kappa shape index (κ1) is 11.7. The van der Waals surface area contributed by atoms with Gasteiger partial charge in [-0.1, -0.05) is 24.9 Å². The van der Waals surface area contributed by atoms with Crippen molar-refractivity contribution in [3.63, 3.8) is 0 Å². The minimum Gasteiger partial charge on any atom is -0.488 e. The van der Waals surface area contributed by atoms with Crippen LogP contribution >= 0.6 is 11.6 Å². The Morgan fingerprint density at radius 2 is 2.19 bits per heavy atom. The van der Waals surface area contributed by atoms with Gasteiger partial charge in [0.1, 0.15) is 11.9 Å². The molecule has 88 valence electrons. The zero-order valence-electron chi connectivity index (χ0n) is 10.0. The number of hydrogen-bond acceptors (Lipinski definition) is 2. The fraction of sp³-hybridized carbons (Fsp3) is 0.538. The number of hydrogen-bond donors (Lipinski definition) is 1. The van der Waals surface area contributed by atoms with Crippen molar-refractivity contribution in [2.24, 2.45) is 0 Å². The van der Waals surface area contributed by atoms with Crippen molar-refractivity contribution in [3.05, 3.63) is 28.3 Å². The average Bonchev–Trinajstić information content (AvgIpc) is 2.56. The first-order valence-corrected chi connectivity index (χ1v) is 6.19. The van der Waals surface area contributed by atoms with Crippen LogP contribution in [0.5, 0.6) is 5.75 Å². The van der Waals surface area contributed by atoms with E-state index in [4.69, 9.17) is 16.3 Å². The second-order valence-corrected chi connectivity index (χ2v) is 4.79. The van der Waals surface area contributed by atoms with Crippen LogP contribution in [0.3, 0.4) is 0 Å². The van der Waals surface area contributed by atoms with Gasteiger partial charge < -0.3 is 10.1 Å². The standard InChI is InChI=1S/C13H18ClNO/c1-4-5-11-12(15-3)10-7-9(14)6-8(2)13(10)16-11/h6-7,11-12,15H,4-5H2,1-3H3. The van der Waals surface area contributed by atoms with Crippen LogP contribution in [0.2, 0.25) is 5.02 Å². The lowest BCUT2D eigenvalue weighted by atomic mass is 9.99. The summed E-state index contributed by atoms with van der Waals surface area (Å²) in [6.45, 7) is 4.23. The molecule has 0 aromatic heterocycles. The van der Waals surface area contributed by atoms with Gasteiger partial charge in [0.15, 0.2) is 0 Å². The molecule has 1 aliphatic rings. The Labute approximate surface area is 102 Å². The Hall–Kier alpha value is -0.730. The fourth-order valence-electron chi connectivity index (χ4n) is 2.42. The molecule has 1 aromatic rings. The summed E-state index contributed by atoms with van der Waals surface area (Å²) in [4.78, 5) is 0. The maximum Gasteiger partial charge on any atom is 0.127 e. The summed E-state index contributed by atoms with van der Waals surface area (Å²) in [5, 5.41) is 4.11. The Bertz CT molecular complexity index is 392. The SMILES string of the molecule is CCCC1Oc2c(C)cc(Cl)cc2C1NC. The number of fused-ring (bicyclic) bond motifs is 1. The normalized spacial score (nSPS) is 23.0. The second-order valence-electron chi connectivity index (χ2n) is 4.35. The summed E-state index contributed by atoms with van der Waals surface area (Å²) in [7, 11) is 1.97. The van der Waals surface area contributed by atoms with E-state index in [1.165, 1.54) is 5.56 Å². The molecule has 0 bridgehead atoms. The molecule has 2 atom stereocenters. The zero-order chi connectivity index (χ0) is 11.7. The predicted octanol–water partition coefficient (Wildman–Crippen LogP) is 3.47. The molecule has 2 nitrogen and oxygen atoms in total. The van der Waals surface area contributed by atoms with Gasteiger partial charge in [-0.05, 0) is 38.1 Å². The smallest absolute Gasteiger partial charge is 0.127 e. The van der Waals surface area contributed by atoms with Crippen molar-refractivity contribution in [1.29, 1.82) is 0 Å². The van der Waals surface area contributed by atoms with E-state index in [2.05, 4.69) is 12.2 Å². The first-order chi connectivity index (χ1) is 7.67. The number of halogens is 1. The monoisotopic (exact) mass is 239 g/mol. The van der Waals surface area contributed by atoms with Gasteiger partial charge in [-0.15, -0.1) is 0 Å². The van der Waals surface area contributed by atoms with Crippen molar-refractivity contribution in [3.8, 4) is 5.75 Å². The highest BCUT2D eigenvalue weighted by Gasteiger charge is 2.33. The third-order valence-corrected chi connectivity index (χ3v) is 3.35. The van der Waals surface area contributed by atoms with E-state index in [0.717, 1.165) is 29.2 Å². The number of benzene rings is 1. The molecule has 1 N–H and O–H groups in total. The molecule has 0 radical (unpaired) electrons. The maximum atomic E-state index is 6.09.